The molecular formula is C30H25N2+. The van der Waals surface area contributed by atoms with Crippen molar-refractivity contribution in [2.45, 2.75) is 13.8 Å². The molecule has 32 heavy (non-hydrogen) atoms. The van der Waals surface area contributed by atoms with E-state index >= 15 is 0 Å². The van der Waals surface area contributed by atoms with Crippen LogP contribution >= 0.6 is 0 Å². The Morgan fingerprint density at radius 3 is 2.34 bits per heavy atom. The number of imidazole rings is 1. The maximum absolute atomic E-state index is 8.11. The fourth-order valence-corrected chi connectivity index (χ4v) is 4.19. The summed E-state index contributed by atoms with van der Waals surface area (Å²) in [6.07, 6.45) is 1.99. The van der Waals surface area contributed by atoms with Crippen LogP contribution in [0.3, 0.4) is 0 Å². The van der Waals surface area contributed by atoms with Gasteiger partial charge in [-0.3, -0.25) is 0 Å². The summed E-state index contributed by atoms with van der Waals surface area (Å²) in [5.74, 6) is 6.06. The molecule has 0 fully saturated rings. The lowest BCUT2D eigenvalue weighted by Crippen LogP contribution is -2.25. The van der Waals surface area contributed by atoms with Crippen molar-refractivity contribution in [2.75, 3.05) is 0 Å². The van der Waals surface area contributed by atoms with Crippen LogP contribution in [0.2, 0.25) is 0 Å². The van der Waals surface area contributed by atoms with E-state index in [1.54, 1.807) is 12.1 Å². The minimum atomic E-state index is -2.22. The molecule has 0 aliphatic carbocycles. The lowest BCUT2D eigenvalue weighted by atomic mass is 9.97. The monoisotopic (exact) mass is 416 g/mol. The topological polar surface area (TPSA) is 8.81 Å². The van der Waals surface area contributed by atoms with Gasteiger partial charge in [-0.2, -0.15) is 4.57 Å². The molecule has 0 spiro atoms. The molecule has 0 aliphatic rings. The number of aryl methyl sites for hydroxylation is 2. The third-order valence-electron chi connectivity index (χ3n) is 5.67. The van der Waals surface area contributed by atoms with Crippen LogP contribution < -0.4 is 4.57 Å². The van der Waals surface area contributed by atoms with Crippen molar-refractivity contribution >= 4 is 11.0 Å². The van der Waals surface area contributed by atoms with Gasteiger partial charge in [0.15, 0.2) is 11.0 Å². The zero-order valence-electron chi connectivity index (χ0n) is 21.1. The SMILES string of the molecule is [2H]C([2H])([2H])c1cc(-c2cccc(-c3cccc(C#CC)c3)c2)cc(-n2c[n+](C)c3ccccc32)c1. The van der Waals surface area contributed by atoms with E-state index in [0.717, 1.165) is 44.5 Å². The Bertz CT molecular complexity index is 1610. The van der Waals surface area contributed by atoms with Crippen molar-refractivity contribution in [1.82, 2.24) is 4.57 Å². The summed E-state index contributed by atoms with van der Waals surface area (Å²) in [7, 11) is 1.99. The second kappa shape index (κ2) is 8.21. The minimum Gasteiger partial charge on any atom is -0.232 e. The van der Waals surface area contributed by atoms with E-state index < -0.39 is 6.85 Å². The molecule has 1 aromatic heterocycles. The summed E-state index contributed by atoms with van der Waals surface area (Å²) in [4.78, 5) is 0. The fourth-order valence-electron chi connectivity index (χ4n) is 4.19. The van der Waals surface area contributed by atoms with E-state index in [0.29, 0.717) is 5.56 Å². The molecule has 5 rings (SSSR count). The zero-order valence-corrected chi connectivity index (χ0v) is 18.1. The Kier molecular flexibility index (Phi) is 4.25. The van der Waals surface area contributed by atoms with Crippen molar-refractivity contribution in [1.29, 1.82) is 0 Å². The van der Waals surface area contributed by atoms with Gasteiger partial charge in [0.2, 0.25) is 6.33 Å². The summed E-state index contributed by atoms with van der Waals surface area (Å²) >= 11 is 0. The molecule has 4 aromatic carbocycles. The molecule has 0 N–H and O–H groups in total. The number of aromatic nitrogens is 2. The highest BCUT2D eigenvalue weighted by molar-refractivity contribution is 5.77. The molecule has 5 aromatic rings. The van der Waals surface area contributed by atoms with Crippen LogP contribution in [-0.2, 0) is 7.05 Å². The van der Waals surface area contributed by atoms with Gasteiger partial charge >= 0.3 is 0 Å². The van der Waals surface area contributed by atoms with Crippen LogP contribution in [-0.4, -0.2) is 4.57 Å². The highest BCUT2D eigenvalue weighted by Gasteiger charge is 2.15. The first-order valence-corrected chi connectivity index (χ1v) is 10.6. The summed E-state index contributed by atoms with van der Waals surface area (Å²) in [5, 5.41) is 0. The van der Waals surface area contributed by atoms with Crippen LogP contribution in [0.25, 0.3) is 39.0 Å². The van der Waals surface area contributed by atoms with Gasteiger partial charge in [0.1, 0.15) is 5.69 Å². The molecule has 0 unspecified atom stereocenters. The van der Waals surface area contributed by atoms with Crippen molar-refractivity contribution in [3.63, 3.8) is 0 Å². The van der Waals surface area contributed by atoms with Crippen molar-refractivity contribution in [2.24, 2.45) is 7.05 Å². The maximum Gasteiger partial charge on any atom is 0.249 e. The van der Waals surface area contributed by atoms with Crippen LogP contribution in [0.5, 0.6) is 0 Å². The largest absolute Gasteiger partial charge is 0.249 e. The molecule has 1 heterocycles. The predicted molar refractivity (Wildman–Crippen MR) is 133 cm³/mol. The summed E-state index contributed by atoms with van der Waals surface area (Å²) in [5.41, 5.74) is 8.14. The van der Waals surface area contributed by atoms with Gasteiger partial charge in [-0.1, -0.05) is 54.5 Å². The molecule has 0 saturated heterocycles. The lowest BCUT2D eigenvalue weighted by Gasteiger charge is -2.09. The first-order chi connectivity index (χ1) is 16.8. The minimum absolute atomic E-state index is 0.316. The molecule has 0 saturated carbocycles. The average Bonchev–Trinajstić information content (AvgIpc) is 3.20. The van der Waals surface area contributed by atoms with Gasteiger partial charge in [-0.05, 0) is 84.1 Å². The number of hydrogen-bond donors (Lipinski definition) is 0. The normalized spacial score (nSPS) is 12.5. The second-order valence-electron chi connectivity index (χ2n) is 7.89. The Hall–Kier alpha value is -4.09. The smallest absolute Gasteiger partial charge is 0.232 e. The third-order valence-corrected chi connectivity index (χ3v) is 5.67. The van der Waals surface area contributed by atoms with E-state index in [4.69, 9.17) is 4.11 Å². The lowest BCUT2D eigenvalue weighted by molar-refractivity contribution is -0.645. The molecule has 2 nitrogen and oxygen atoms in total. The van der Waals surface area contributed by atoms with Crippen molar-refractivity contribution in [3.8, 4) is 39.8 Å². The number of rotatable bonds is 3. The molecule has 0 aliphatic heterocycles. The molecule has 0 amide bonds. The van der Waals surface area contributed by atoms with Gasteiger partial charge in [-0.25, -0.2) is 4.57 Å². The third kappa shape index (κ3) is 3.70. The highest BCUT2D eigenvalue weighted by Crippen LogP contribution is 2.30. The van der Waals surface area contributed by atoms with Crippen LogP contribution in [0.1, 0.15) is 22.2 Å². The Morgan fingerprint density at radius 1 is 0.781 bits per heavy atom. The van der Waals surface area contributed by atoms with E-state index in [1.165, 1.54) is 0 Å². The number of fused-ring (bicyclic) bond motifs is 1. The van der Waals surface area contributed by atoms with Gasteiger partial charge < -0.3 is 0 Å². The Balaban J connectivity index is 1.67. The van der Waals surface area contributed by atoms with E-state index in [2.05, 4.69) is 48.2 Å². The van der Waals surface area contributed by atoms with Crippen LogP contribution in [0.4, 0.5) is 0 Å². The van der Waals surface area contributed by atoms with Crippen molar-refractivity contribution in [3.05, 3.63) is 108 Å². The second-order valence-corrected chi connectivity index (χ2v) is 7.89. The average molecular weight is 417 g/mol. The number of hydrogen-bond acceptors (Lipinski definition) is 0. The van der Waals surface area contributed by atoms with Crippen LogP contribution in [0.15, 0.2) is 97.3 Å². The molecule has 0 atom stereocenters. The first kappa shape index (κ1) is 16.6. The fraction of sp³-hybridized carbons (Fsp3) is 0.100. The first-order valence-electron chi connectivity index (χ1n) is 12.1. The van der Waals surface area contributed by atoms with Gasteiger partial charge in [0.05, 0.1) is 7.05 Å². The molecular weight excluding hydrogens is 388 g/mol. The van der Waals surface area contributed by atoms with Crippen LogP contribution in [0, 0.1) is 18.7 Å². The van der Waals surface area contributed by atoms with Crippen molar-refractivity contribution < 1.29 is 8.68 Å². The molecule has 154 valence electrons. The maximum atomic E-state index is 8.11. The molecule has 0 radical (unpaired) electrons. The molecule has 2 heteroatoms. The van der Waals surface area contributed by atoms with E-state index in [-0.39, 0.29) is 0 Å². The summed E-state index contributed by atoms with van der Waals surface area (Å²) in [6.45, 7) is -0.391. The Labute approximate surface area is 193 Å². The number of benzene rings is 4. The Morgan fingerprint density at radius 2 is 1.53 bits per heavy atom. The van der Waals surface area contributed by atoms with Gasteiger partial charge in [-0.15, -0.1) is 5.92 Å². The standard InChI is InChI=1S/C30H25N2/c1-4-9-23-10-7-11-24(18-23)25-12-8-13-26(19-25)27-16-22(2)17-28(20-27)32-21-31(3)29-14-5-6-15-30(29)32/h5-8,10-21H,1-3H3/q+1/i2D3. The quantitative estimate of drug-likeness (QED) is 0.235. The molecule has 0 bridgehead atoms. The number of para-hydroxylation sites is 2. The van der Waals surface area contributed by atoms with E-state index in [1.807, 2.05) is 71.9 Å². The number of nitrogens with zero attached hydrogens (tertiary/aromatic N) is 2. The zero-order chi connectivity index (χ0) is 24.6. The van der Waals surface area contributed by atoms with Gasteiger partial charge in [0, 0.05) is 9.68 Å². The van der Waals surface area contributed by atoms with E-state index in [9.17, 15) is 0 Å². The highest BCUT2D eigenvalue weighted by atomic mass is 15.1. The summed E-state index contributed by atoms with van der Waals surface area (Å²) < 4.78 is 28.4. The van der Waals surface area contributed by atoms with Gasteiger partial charge in [0.25, 0.3) is 0 Å². The summed E-state index contributed by atoms with van der Waals surface area (Å²) in [6, 6.07) is 30.0. The predicted octanol–water partition coefficient (Wildman–Crippen LogP) is 6.47.